The summed E-state index contributed by atoms with van der Waals surface area (Å²) < 4.78 is 16.9. The van der Waals surface area contributed by atoms with Crippen LogP contribution >= 0.6 is 24.0 Å². The minimum Gasteiger partial charge on any atom is -0.493 e. The molecule has 1 aromatic heterocycles. The van der Waals surface area contributed by atoms with E-state index in [9.17, 15) is 0 Å². The summed E-state index contributed by atoms with van der Waals surface area (Å²) in [6.07, 6.45) is 2.78. The first-order valence-corrected chi connectivity index (χ1v) is 9.92. The molecule has 0 amide bonds. The van der Waals surface area contributed by atoms with Gasteiger partial charge in [-0.3, -0.25) is 4.99 Å². The smallest absolute Gasteiger partial charge is 0.218 e. The highest BCUT2D eigenvalue weighted by molar-refractivity contribution is 14.0. The molecule has 1 fully saturated rings. The quantitative estimate of drug-likeness (QED) is 0.313. The summed E-state index contributed by atoms with van der Waals surface area (Å²) in [5, 5.41) is 6.65. The molecule has 7 nitrogen and oxygen atoms in total. The molecule has 1 saturated heterocycles. The Morgan fingerprint density at radius 2 is 2.03 bits per heavy atom. The third-order valence-electron chi connectivity index (χ3n) is 4.88. The summed E-state index contributed by atoms with van der Waals surface area (Å²) in [5.74, 6) is 2.70. The molecule has 0 spiro atoms. The summed E-state index contributed by atoms with van der Waals surface area (Å²) in [4.78, 5) is 8.53. The van der Waals surface area contributed by atoms with E-state index in [4.69, 9.17) is 14.2 Å². The van der Waals surface area contributed by atoms with Gasteiger partial charge >= 0.3 is 0 Å². The number of methoxy groups -OCH3 is 1. The number of aryl methyl sites for hydroxylation is 1. The molecular formula is C22H31IN4O3. The predicted octanol–water partition coefficient (Wildman–Crippen LogP) is 3.30. The fourth-order valence-electron chi connectivity index (χ4n) is 3.19. The molecule has 1 aliphatic rings. The second-order valence-electron chi connectivity index (χ2n) is 7.10. The maximum Gasteiger partial charge on any atom is 0.218 e. The highest BCUT2D eigenvalue weighted by Gasteiger charge is 2.17. The van der Waals surface area contributed by atoms with Crippen molar-refractivity contribution in [2.24, 2.45) is 10.9 Å². The van der Waals surface area contributed by atoms with E-state index in [0.717, 1.165) is 36.5 Å². The van der Waals surface area contributed by atoms with Crippen LogP contribution in [0.1, 0.15) is 23.1 Å². The van der Waals surface area contributed by atoms with Crippen LogP contribution in [-0.4, -0.2) is 44.9 Å². The number of nitrogens with zero attached hydrogens (tertiary/aromatic N) is 2. The van der Waals surface area contributed by atoms with E-state index in [1.165, 1.54) is 5.56 Å². The third-order valence-corrected chi connectivity index (χ3v) is 4.88. The molecule has 8 heteroatoms. The number of aliphatic imine (C=N–C) groups is 1. The van der Waals surface area contributed by atoms with Gasteiger partial charge < -0.3 is 24.8 Å². The topological polar surface area (TPSA) is 77.0 Å². The number of hydrogen-bond donors (Lipinski definition) is 2. The predicted molar refractivity (Wildman–Crippen MR) is 129 cm³/mol. The van der Waals surface area contributed by atoms with Crippen molar-refractivity contribution in [3.8, 4) is 11.6 Å². The highest BCUT2D eigenvalue weighted by Crippen LogP contribution is 2.22. The Morgan fingerprint density at radius 3 is 2.73 bits per heavy atom. The van der Waals surface area contributed by atoms with Crippen LogP contribution in [0.15, 0.2) is 41.5 Å². The maximum absolute atomic E-state index is 6.12. The van der Waals surface area contributed by atoms with E-state index in [1.807, 2.05) is 12.1 Å². The van der Waals surface area contributed by atoms with Gasteiger partial charge in [0.2, 0.25) is 5.88 Å². The first kappa shape index (κ1) is 24.2. The first-order valence-electron chi connectivity index (χ1n) is 9.92. The van der Waals surface area contributed by atoms with Crippen molar-refractivity contribution >= 4 is 29.9 Å². The van der Waals surface area contributed by atoms with Gasteiger partial charge in [0.1, 0.15) is 5.75 Å². The van der Waals surface area contributed by atoms with Gasteiger partial charge in [0.15, 0.2) is 5.96 Å². The van der Waals surface area contributed by atoms with Crippen LogP contribution in [0, 0.1) is 12.8 Å². The molecule has 1 unspecified atom stereocenters. The number of benzene rings is 1. The molecule has 0 radical (unpaired) electrons. The SMILES string of the molecule is CN=C(NCc1ccc(C)cc1OCC1CCOC1)NCc1cccnc1OC.I. The molecule has 0 bridgehead atoms. The average Bonchev–Trinajstić information content (AvgIpc) is 3.27. The van der Waals surface area contributed by atoms with E-state index >= 15 is 0 Å². The van der Waals surface area contributed by atoms with Gasteiger partial charge in [-0.05, 0) is 31.0 Å². The van der Waals surface area contributed by atoms with E-state index in [-0.39, 0.29) is 24.0 Å². The van der Waals surface area contributed by atoms with Crippen LogP contribution in [0.5, 0.6) is 11.6 Å². The average molecular weight is 526 g/mol. The number of ether oxygens (including phenoxy) is 3. The third kappa shape index (κ3) is 7.02. The van der Waals surface area contributed by atoms with Crippen LogP contribution in [0.2, 0.25) is 0 Å². The lowest BCUT2D eigenvalue weighted by Gasteiger charge is -2.17. The van der Waals surface area contributed by atoms with Crippen LogP contribution in [0.4, 0.5) is 0 Å². The molecule has 30 heavy (non-hydrogen) atoms. The summed E-state index contributed by atoms with van der Waals surface area (Å²) in [5.41, 5.74) is 3.24. The van der Waals surface area contributed by atoms with Gasteiger partial charge in [0.05, 0.1) is 20.3 Å². The van der Waals surface area contributed by atoms with Gasteiger partial charge in [-0.2, -0.15) is 0 Å². The Morgan fingerprint density at radius 1 is 1.23 bits per heavy atom. The summed E-state index contributed by atoms with van der Waals surface area (Å²) in [6.45, 7) is 5.55. The Kier molecular flexibility index (Phi) is 10.2. The van der Waals surface area contributed by atoms with Crippen LogP contribution in [-0.2, 0) is 17.8 Å². The van der Waals surface area contributed by atoms with Gasteiger partial charge in [-0.15, -0.1) is 24.0 Å². The zero-order chi connectivity index (χ0) is 20.5. The van der Waals surface area contributed by atoms with Gasteiger partial charge in [0, 0.05) is 50.0 Å². The zero-order valence-electron chi connectivity index (χ0n) is 17.8. The van der Waals surface area contributed by atoms with Crippen LogP contribution in [0.25, 0.3) is 0 Å². The number of rotatable bonds is 8. The van der Waals surface area contributed by atoms with Crippen molar-refractivity contribution in [3.05, 3.63) is 53.2 Å². The molecule has 1 aromatic carbocycles. The van der Waals surface area contributed by atoms with Crippen LogP contribution in [0.3, 0.4) is 0 Å². The number of guanidine groups is 1. The molecule has 2 N–H and O–H groups in total. The highest BCUT2D eigenvalue weighted by atomic mass is 127. The van der Waals surface area contributed by atoms with Crippen molar-refractivity contribution < 1.29 is 14.2 Å². The van der Waals surface area contributed by atoms with Crippen LogP contribution < -0.4 is 20.1 Å². The molecular weight excluding hydrogens is 495 g/mol. The van der Waals surface area contributed by atoms with Gasteiger partial charge in [-0.1, -0.05) is 18.2 Å². The van der Waals surface area contributed by atoms with Crippen molar-refractivity contribution in [2.75, 3.05) is 34.0 Å². The monoisotopic (exact) mass is 526 g/mol. The van der Waals surface area contributed by atoms with Gasteiger partial charge in [-0.25, -0.2) is 4.98 Å². The standard InChI is InChI=1S/C22H30N4O3.HI/c1-16-6-7-18(20(11-16)29-15-17-8-10-28-14-17)12-25-22(23-2)26-13-19-5-4-9-24-21(19)27-3;/h4-7,9,11,17H,8,10,12-15H2,1-3H3,(H2,23,25,26);1H. The molecule has 0 saturated carbocycles. The lowest BCUT2D eigenvalue weighted by Crippen LogP contribution is -2.36. The summed E-state index contributed by atoms with van der Waals surface area (Å²) >= 11 is 0. The minimum absolute atomic E-state index is 0. The van der Waals surface area contributed by atoms with E-state index in [0.29, 0.717) is 37.5 Å². The zero-order valence-corrected chi connectivity index (χ0v) is 20.1. The second kappa shape index (κ2) is 12.6. The molecule has 2 heterocycles. The maximum atomic E-state index is 6.12. The fourth-order valence-corrected chi connectivity index (χ4v) is 3.19. The lowest BCUT2D eigenvalue weighted by molar-refractivity contribution is 0.166. The Bertz CT molecular complexity index is 826. The first-order chi connectivity index (χ1) is 14.2. The van der Waals surface area contributed by atoms with E-state index < -0.39 is 0 Å². The number of halogens is 1. The Labute approximate surface area is 195 Å². The molecule has 0 aliphatic carbocycles. The number of hydrogen-bond acceptors (Lipinski definition) is 5. The Hall–Kier alpha value is -2.07. The fraction of sp³-hybridized carbons (Fsp3) is 0.455. The molecule has 164 valence electrons. The van der Waals surface area contributed by atoms with Crippen molar-refractivity contribution in [3.63, 3.8) is 0 Å². The Balaban J connectivity index is 0.00000320. The van der Waals surface area contributed by atoms with E-state index in [1.54, 1.807) is 20.4 Å². The summed E-state index contributed by atoms with van der Waals surface area (Å²) in [6, 6.07) is 10.1. The molecule has 3 rings (SSSR count). The van der Waals surface area contributed by atoms with Crippen molar-refractivity contribution in [2.45, 2.75) is 26.4 Å². The molecule has 1 aliphatic heterocycles. The molecule has 1 atom stereocenters. The molecule has 2 aromatic rings. The normalized spacial score (nSPS) is 16.0. The number of aromatic nitrogens is 1. The number of nitrogens with one attached hydrogen (secondary N) is 2. The summed E-state index contributed by atoms with van der Waals surface area (Å²) in [7, 11) is 3.37. The largest absolute Gasteiger partial charge is 0.493 e. The van der Waals surface area contributed by atoms with Gasteiger partial charge in [0.25, 0.3) is 0 Å². The lowest BCUT2D eigenvalue weighted by atomic mass is 10.1. The second-order valence-corrected chi connectivity index (χ2v) is 7.10. The minimum atomic E-state index is 0. The van der Waals surface area contributed by atoms with Crippen molar-refractivity contribution in [1.29, 1.82) is 0 Å². The number of pyridine rings is 1. The van der Waals surface area contributed by atoms with Crippen molar-refractivity contribution in [1.82, 2.24) is 15.6 Å². The van der Waals surface area contributed by atoms with E-state index in [2.05, 4.69) is 45.7 Å².